The zero-order valence-corrected chi connectivity index (χ0v) is 19.6. The first-order valence-corrected chi connectivity index (χ1v) is 12.3. The lowest BCUT2D eigenvalue weighted by molar-refractivity contribution is -0.188. The number of hydrogen-bond acceptors (Lipinski definition) is 6. The van der Waals surface area contributed by atoms with Gasteiger partial charge in [0, 0.05) is 43.8 Å². The van der Waals surface area contributed by atoms with E-state index in [1.165, 1.54) is 7.11 Å². The Labute approximate surface area is 191 Å². The SMILES string of the molecule is CCCCCC(=O)C=C[C@@H]1c2cc(CCCCC(=O)OC)oc2C[C@H]1OC1CCCCO1. The van der Waals surface area contributed by atoms with Gasteiger partial charge in [0.05, 0.1) is 13.2 Å². The lowest BCUT2D eigenvalue weighted by Crippen LogP contribution is -2.30. The van der Waals surface area contributed by atoms with Crippen LogP contribution in [-0.2, 0) is 36.6 Å². The lowest BCUT2D eigenvalue weighted by Gasteiger charge is -2.28. The van der Waals surface area contributed by atoms with E-state index in [9.17, 15) is 9.59 Å². The van der Waals surface area contributed by atoms with E-state index in [1.807, 2.05) is 6.08 Å². The van der Waals surface area contributed by atoms with Gasteiger partial charge in [0.1, 0.15) is 11.5 Å². The largest absolute Gasteiger partial charge is 0.469 e. The number of furan rings is 1. The summed E-state index contributed by atoms with van der Waals surface area (Å²) in [6.45, 7) is 2.88. The fraction of sp³-hybridized carbons (Fsp3) is 0.692. The molecule has 0 amide bonds. The van der Waals surface area contributed by atoms with Gasteiger partial charge >= 0.3 is 5.97 Å². The molecular formula is C26H38O6. The van der Waals surface area contributed by atoms with Gasteiger partial charge < -0.3 is 18.6 Å². The van der Waals surface area contributed by atoms with Crippen molar-refractivity contribution < 1.29 is 28.2 Å². The Morgan fingerprint density at radius 1 is 1.16 bits per heavy atom. The highest BCUT2D eigenvalue weighted by molar-refractivity contribution is 5.89. The van der Waals surface area contributed by atoms with Crippen LogP contribution in [-0.4, -0.2) is 37.9 Å². The summed E-state index contributed by atoms with van der Waals surface area (Å²) in [5, 5.41) is 0. The number of carbonyl (C=O) groups excluding carboxylic acids is 2. The van der Waals surface area contributed by atoms with Crippen LogP contribution in [0.3, 0.4) is 0 Å². The monoisotopic (exact) mass is 446 g/mol. The zero-order chi connectivity index (χ0) is 22.8. The molecule has 1 aliphatic carbocycles. The van der Waals surface area contributed by atoms with Gasteiger partial charge in [0.2, 0.25) is 0 Å². The zero-order valence-electron chi connectivity index (χ0n) is 19.6. The number of fused-ring (bicyclic) bond motifs is 1. The molecule has 1 unspecified atom stereocenters. The fourth-order valence-electron chi connectivity index (χ4n) is 4.46. The second-order valence-electron chi connectivity index (χ2n) is 8.86. The lowest BCUT2D eigenvalue weighted by atomic mass is 9.98. The molecule has 0 aromatic carbocycles. The molecule has 2 aliphatic rings. The van der Waals surface area contributed by atoms with Crippen molar-refractivity contribution in [3.05, 3.63) is 35.3 Å². The molecule has 1 aromatic heterocycles. The van der Waals surface area contributed by atoms with Gasteiger partial charge in [-0.2, -0.15) is 0 Å². The molecule has 1 fully saturated rings. The number of rotatable bonds is 13. The van der Waals surface area contributed by atoms with Crippen LogP contribution in [0.2, 0.25) is 0 Å². The molecule has 6 nitrogen and oxygen atoms in total. The van der Waals surface area contributed by atoms with E-state index in [-0.39, 0.29) is 30.1 Å². The third-order valence-corrected chi connectivity index (χ3v) is 6.30. The predicted octanol–water partition coefficient (Wildman–Crippen LogP) is 5.42. The minimum atomic E-state index is -0.175. The average Bonchev–Trinajstić information content (AvgIpc) is 3.33. The van der Waals surface area contributed by atoms with Crippen LogP contribution in [0.15, 0.2) is 22.6 Å². The highest BCUT2D eigenvalue weighted by Crippen LogP contribution is 2.40. The minimum absolute atomic E-state index is 0.00165. The van der Waals surface area contributed by atoms with Crippen molar-refractivity contribution in [2.75, 3.05) is 13.7 Å². The van der Waals surface area contributed by atoms with Crippen LogP contribution < -0.4 is 0 Å². The van der Waals surface area contributed by atoms with Crippen LogP contribution in [0.1, 0.15) is 94.1 Å². The summed E-state index contributed by atoms with van der Waals surface area (Å²) < 4.78 is 22.9. The maximum Gasteiger partial charge on any atom is 0.305 e. The first-order chi connectivity index (χ1) is 15.6. The number of ketones is 1. The van der Waals surface area contributed by atoms with Crippen molar-refractivity contribution in [1.29, 1.82) is 0 Å². The summed E-state index contributed by atoms with van der Waals surface area (Å²) >= 11 is 0. The number of hydrogen-bond donors (Lipinski definition) is 0. The Morgan fingerprint density at radius 3 is 2.75 bits per heavy atom. The number of methoxy groups -OCH3 is 1. The molecule has 1 aliphatic heterocycles. The van der Waals surface area contributed by atoms with Crippen molar-refractivity contribution in [3.63, 3.8) is 0 Å². The number of allylic oxidation sites excluding steroid dienone is 1. The number of carbonyl (C=O) groups is 2. The Balaban J connectivity index is 1.62. The smallest absolute Gasteiger partial charge is 0.305 e. The summed E-state index contributed by atoms with van der Waals surface area (Å²) in [4.78, 5) is 23.6. The van der Waals surface area contributed by atoms with Crippen LogP contribution in [0.4, 0.5) is 0 Å². The third-order valence-electron chi connectivity index (χ3n) is 6.30. The average molecular weight is 447 g/mol. The number of esters is 1. The molecule has 0 radical (unpaired) electrons. The van der Waals surface area contributed by atoms with Gasteiger partial charge in [0.15, 0.2) is 12.1 Å². The predicted molar refractivity (Wildman–Crippen MR) is 121 cm³/mol. The molecule has 1 aromatic rings. The normalized spacial score (nSPS) is 22.9. The molecular weight excluding hydrogens is 408 g/mol. The van der Waals surface area contributed by atoms with E-state index in [2.05, 4.69) is 13.0 Å². The molecule has 3 rings (SSSR count). The van der Waals surface area contributed by atoms with Crippen LogP contribution in [0.5, 0.6) is 0 Å². The van der Waals surface area contributed by atoms with Gasteiger partial charge in [-0.15, -0.1) is 0 Å². The van der Waals surface area contributed by atoms with E-state index < -0.39 is 0 Å². The molecule has 2 heterocycles. The number of aryl methyl sites for hydroxylation is 1. The Kier molecular flexibility index (Phi) is 10.0. The molecule has 178 valence electrons. The summed E-state index contributed by atoms with van der Waals surface area (Å²) in [6, 6.07) is 2.11. The second kappa shape index (κ2) is 12.9. The maximum absolute atomic E-state index is 12.3. The van der Waals surface area contributed by atoms with E-state index in [1.54, 1.807) is 6.08 Å². The van der Waals surface area contributed by atoms with Crippen molar-refractivity contribution >= 4 is 11.8 Å². The van der Waals surface area contributed by atoms with Gasteiger partial charge in [-0.3, -0.25) is 9.59 Å². The number of unbranched alkanes of at least 4 members (excludes halogenated alkanes) is 3. The van der Waals surface area contributed by atoms with Crippen molar-refractivity contribution in [3.8, 4) is 0 Å². The molecule has 3 atom stereocenters. The highest BCUT2D eigenvalue weighted by atomic mass is 16.7. The summed E-state index contributed by atoms with van der Waals surface area (Å²) in [5.74, 6) is 1.87. The van der Waals surface area contributed by atoms with Crippen LogP contribution >= 0.6 is 0 Å². The minimum Gasteiger partial charge on any atom is -0.469 e. The maximum atomic E-state index is 12.3. The molecule has 0 saturated carbocycles. The second-order valence-corrected chi connectivity index (χ2v) is 8.86. The first-order valence-electron chi connectivity index (χ1n) is 12.3. The Hall–Kier alpha value is -1.92. The molecule has 6 heteroatoms. The van der Waals surface area contributed by atoms with E-state index in [0.29, 0.717) is 19.3 Å². The Morgan fingerprint density at radius 2 is 2.00 bits per heavy atom. The van der Waals surface area contributed by atoms with Gasteiger partial charge in [-0.05, 0) is 50.7 Å². The molecule has 0 spiro atoms. The third kappa shape index (κ3) is 7.31. The fourth-order valence-corrected chi connectivity index (χ4v) is 4.46. The molecule has 0 bridgehead atoms. The van der Waals surface area contributed by atoms with Crippen LogP contribution in [0, 0.1) is 0 Å². The molecule has 32 heavy (non-hydrogen) atoms. The standard InChI is InChI=1S/C26H38O6/c1-3-4-5-10-19(27)14-15-21-22-17-20(11-6-7-12-25(28)29-2)31-24(22)18-23(21)32-26-13-8-9-16-30-26/h14-15,17,21,23,26H,3-13,16,18H2,1-2H3/t21-,23-,26?/m1/s1. The van der Waals surface area contributed by atoms with E-state index in [0.717, 1.165) is 81.5 Å². The summed E-state index contributed by atoms with van der Waals surface area (Å²) in [7, 11) is 1.42. The van der Waals surface area contributed by atoms with E-state index in [4.69, 9.17) is 18.6 Å². The van der Waals surface area contributed by atoms with Crippen LogP contribution in [0.25, 0.3) is 0 Å². The van der Waals surface area contributed by atoms with Crippen molar-refractivity contribution in [2.45, 2.75) is 102 Å². The number of ether oxygens (including phenoxy) is 3. The summed E-state index contributed by atoms with van der Waals surface area (Å²) in [6.07, 6.45) is 13.9. The first kappa shape index (κ1) is 24.7. The van der Waals surface area contributed by atoms with Gasteiger partial charge in [0.25, 0.3) is 0 Å². The topological polar surface area (TPSA) is 75.0 Å². The highest BCUT2D eigenvalue weighted by Gasteiger charge is 2.37. The van der Waals surface area contributed by atoms with Gasteiger partial charge in [-0.25, -0.2) is 0 Å². The quantitative estimate of drug-likeness (QED) is 0.229. The summed E-state index contributed by atoms with van der Waals surface area (Å²) in [5.41, 5.74) is 1.12. The van der Waals surface area contributed by atoms with E-state index >= 15 is 0 Å². The molecule has 0 N–H and O–H groups in total. The van der Waals surface area contributed by atoms with Crippen molar-refractivity contribution in [2.24, 2.45) is 0 Å². The Bertz CT molecular complexity index is 758. The molecule has 1 saturated heterocycles. The van der Waals surface area contributed by atoms with Crippen molar-refractivity contribution in [1.82, 2.24) is 0 Å². The van der Waals surface area contributed by atoms with Gasteiger partial charge in [-0.1, -0.05) is 25.8 Å².